The number of nitrogens with zero attached hydrogens (tertiary/aromatic N) is 1. The van der Waals surface area contributed by atoms with Crippen molar-refractivity contribution >= 4 is 12.1 Å². The summed E-state index contributed by atoms with van der Waals surface area (Å²) >= 11 is 0. The number of rotatable bonds is 1. The zero-order valence-corrected chi connectivity index (χ0v) is 9.77. The Morgan fingerprint density at radius 3 is 2.12 bits per heavy atom. The number of carbonyl (C=O) groups excluding carboxylic acids is 1. The topological polar surface area (TPSA) is 66.8 Å². The molecule has 1 saturated heterocycles. The van der Waals surface area contributed by atoms with E-state index in [0.29, 0.717) is 13.1 Å². The molecule has 2 fully saturated rings. The second-order valence-electron chi connectivity index (χ2n) is 5.58. The van der Waals surface area contributed by atoms with E-state index < -0.39 is 11.6 Å². The van der Waals surface area contributed by atoms with E-state index in [1.54, 1.807) is 4.90 Å². The van der Waals surface area contributed by atoms with E-state index in [1.807, 2.05) is 20.8 Å². The highest BCUT2D eigenvalue weighted by Gasteiger charge is 2.60. The third-order valence-corrected chi connectivity index (χ3v) is 3.13. The molecule has 0 aromatic heterocycles. The summed E-state index contributed by atoms with van der Waals surface area (Å²) in [6.07, 6.45) is -0.330. The van der Waals surface area contributed by atoms with Crippen LogP contribution in [0.1, 0.15) is 20.8 Å². The summed E-state index contributed by atoms with van der Waals surface area (Å²) in [5, 5.41) is 8.84. The summed E-state index contributed by atoms with van der Waals surface area (Å²) in [7, 11) is 0. The summed E-state index contributed by atoms with van der Waals surface area (Å²) in [5.74, 6) is -0.687. The summed E-state index contributed by atoms with van der Waals surface area (Å²) in [6, 6.07) is 0. The molecule has 0 aromatic carbocycles. The Morgan fingerprint density at radius 2 is 1.75 bits per heavy atom. The predicted octanol–water partition coefficient (Wildman–Crippen LogP) is 1.18. The Kier molecular flexibility index (Phi) is 2.36. The molecular formula is C11H17NO4. The van der Waals surface area contributed by atoms with Gasteiger partial charge in [0, 0.05) is 13.1 Å². The summed E-state index contributed by atoms with van der Waals surface area (Å²) in [4.78, 5) is 24.0. The molecule has 90 valence electrons. The summed E-state index contributed by atoms with van der Waals surface area (Å²) in [5.41, 5.74) is -0.490. The molecule has 0 unspecified atom stereocenters. The molecule has 0 bridgehead atoms. The lowest BCUT2D eigenvalue weighted by atomic mass is 10.2. The number of aliphatic carboxylic acids is 1. The maximum absolute atomic E-state index is 11.7. The molecule has 1 heterocycles. The predicted molar refractivity (Wildman–Crippen MR) is 55.9 cm³/mol. The number of piperidine rings is 1. The van der Waals surface area contributed by atoms with Gasteiger partial charge in [-0.05, 0) is 32.6 Å². The third-order valence-electron chi connectivity index (χ3n) is 3.13. The van der Waals surface area contributed by atoms with Crippen LogP contribution in [0.4, 0.5) is 4.79 Å². The van der Waals surface area contributed by atoms with Gasteiger partial charge in [0.2, 0.25) is 0 Å². The third kappa shape index (κ3) is 1.99. The molecule has 0 radical (unpaired) electrons. The fourth-order valence-electron chi connectivity index (χ4n) is 2.37. The lowest BCUT2D eigenvalue weighted by Crippen LogP contribution is -2.37. The monoisotopic (exact) mass is 227 g/mol. The number of fused-ring (bicyclic) bond motifs is 1. The van der Waals surface area contributed by atoms with Gasteiger partial charge in [-0.15, -0.1) is 0 Å². The quantitative estimate of drug-likeness (QED) is 0.730. The number of carbonyl (C=O) groups is 2. The lowest BCUT2D eigenvalue weighted by molar-refractivity contribution is -0.139. The number of amides is 1. The minimum absolute atomic E-state index is 0.144. The Bertz CT molecular complexity index is 321. The molecule has 2 aliphatic rings. The molecule has 16 heavy (non-hydrogen) atoms. The van der Waals surface area contributed by atoms with Crippen LogP contribution >= 0.6 is 0 Å². The molecule has 5 nitrogen and oxygen atoms in total. The van der Waals surface area contributed by atoms with Crippen molar-refractivity contribution < 1.29 is 19.4 Å². The maximum Gasteiger partial charge on any atom is 0.410 e. The van der Waals surface area contributed by atoms with E-state index in [2.05, 4.69) is 0 Å². The minimum atomic E-state index is -0.737. The van der Waals surface area contributed by atoms with Gasteiger partial charge in [0.1, 0.15) is 5.60 Å². The van der Waals surface area contributed by atoms with Crippen LogP contribution < -0.4 is 0 Å². The molecule has 0 aromatic rings. The van der Waals surface area contributed by atoms with Gasteiger partial charge in [-0.1, -0.05) is 0 Å². The molecule has 1 saturated carbocycles. The van der Waals surface area contributed by atoms with E-state index in [0.717, 1.165) is 0 Å². The van der Waals surface area contributed by atoms with Crippen molar-refractivity contribution in [3.8, 4) is 0 Å². The second kappa shape index (κ2) is 3.37. The number of carboxylic acids is 1. The van der Waals surface area contributed by atoms with E-state index >= 15 is 0 Å². The molecular weight excluding hydrogens is 210 g/mol. The molecule has 0 spiro atoms. The molecule has 1 aliphatic carbocycles. The van der Waals surface area contributed by atoms with Crippen molar-refractivity contribution in [2.45, 2.75) is 26.4 Å². The normalized spacial score (nSPS) is 32.2. The van der Waals surface area contributed by atoms with Crippen LogP contribution in [0.25, 0.3) is 0 Å². The Labute approximate surface area is 94.4 Å². The van der Waals surface area contributed by atoms with E-state index in [4.69, 9.17) is 9.84 Å². The fraction of sp³-hybridized carbons (Fsp3) is 0.818. The van der Waals surface area contributed by atoms with Gasteiger partial charge >= 0.3 is 12.1 Å². The average Bonchev–Trinajstić information content (AvgIpc) is 2.60. The van der Waals surface area contributed by atoms with Crippen molar-refractivity contribution in [3.05, 3.63) is 0 Å². The van der Waals surface area contributed by atoms with Crippen LogP contribution in [0.2, 0.25) is 0 Å². The van der Waals surface area contributed by atoms with Crippen molar-refractivity contribution in [2.75, 3.05) is 13.1 Å². The zero-order chi connectivity index (χ0) is 12.1. The van der Waals surface area contributed by atoms with Gasteiger partial charge in [-0.25, -0.2) is 4.79 Å². The average molecular weight is 227 g/mol. The molecule has 1 aliphatic heterocycles. The van der Waals surface area contributed by atoms with Crippen LogP contribution in [0.5, 0.6) is 0 Å². The van der Waals surface area contributed by atoms with Crippen LogP contribution in [0.15, 0.2) is 0 Å². The van der Waals surface area contributed by atoms with Gasteiger partial charge in [0.15, 0.2) is 0 Å². The van der Waals surface area contributed by atoms with Gasteiger partial charge in [0.05, 0.1) is 5.92 Å². The number of ether oxygens (including phenoxy) is 1. The van der Waals surface area contributed by atoms with Crippen molar-refractivity contribution in [3.63, 3.8) is 0 Å². The van der Waals surface area contributed by atoms with Crippen LogP contribution in [-0.4, -0.2) is 40.8 Å². The molecule has 2 rings (SSSR count). The lowest BCUT2D eigenvalue weighted by Gasteiger charge is -2.25. The number of hydrogen-bond donors (Lipinski definition) is 1. The first-order valence-electron chi connectivity index (χ1n) is 5.50. The number of likely N-dealkylation sites (tertiary alicyclic amines) is 1. The maximum atomic E-state index is 11.7. The van der Waals surface area contributed by atoms with Gasteiger partial charge < -0.3 is 14.7 Å². The Balaban J connectivity index is 1.85. The van der Waals surface area contributed by atoms with Gasteiger partial charge in [-0.3, -0.25) is 4.79 Å². The van der Waals surface area contributed by atoms with Crippen LogP contribution in [0, 0.1) is 17.8 Å². The van der Waals surface area contributed by atoms with Gasteiger partial charge in [-0.2, -0.15) is 0 Å². The van der Waals surface area contributed by atoms with Crippen LogP contribution in [-0.2, 0) is 9.53 Å². The van der Waals surface area contributed by atoms with Crippen LogP contribution in [0.3, 0.4) is 0 Å². The van der Waals surface area contributed by atoms with Crippen molar-refractivity contribution in [1.82, 2.24) is 4.90 Å². The molecule has 1 N–H and O–H groups in total. The molecule has 1 amide bonds. The van der Waals surface area contributed by atoms with E-state index in [9.17, 15) is 9.59 Å². The highest BCUT2D eigenvalue weighted by molar-refractivity contribution is 5.76. The highest BCUT2D eigenvalue weighted by atomic mass is 16.6. The Morgan fingerprint density at radius 1 is 1.25 bits per heavy atom. The summed E-state index contributed by atoms with van der Waals surface area (Å²) in [6.45, 7) is 6.51. The first-order chi connectivity index (χ1) is 7.29. The van der Waals surface area contributed by atoms with E-state index in [1.165, 1.54) is 0 Å². The Hall–Kier alpha value is -1.26. The van der Waals surface area contributed by atoms with Crippen molar-refractivity contribution in [2.24, 2.45) is 17.8 Å². The van der Waals surface area contributed by atoms with Gasteiger partial charge in [0.25, 0.3) is 0 Å². The highest BCUT2D eigenvalue weighted by Crippen LogP contribution is 2.51. The minimum Gasteiger partial charge on any atom is -0.481 e. The zero-order valence-electron chi connectivity index (χ0n) is 9.77. The standard InChI is InChI=1S/C11H17NO4/c1-11(2,3)16-10(15)12-4-6-7(5-12)8(6)9(13)14/h6-8H,4-5H2,1-3H3,(H,13,14)/t6-,7-/m0/s1. The molecule has 2 atom stereocenters. The number of hydrogen-bond acceptors (Lipinski definition) is 3. The summed E-state index contributed by atoms with van der Waals surface area (Å²) < 4.78 is 5.23. The smallest absolute Gasteiger partial charge is 0.410 e. The second-order valence-corrected chi connectivity index (χ2v) is 5.58. The number of carboxylic acid groups (broad SMARTS) is 1. The largest absolute Gasteiger partial charge is 0.481 e. The van der Waals surface area contributed by atoms with E-state index in [-0.39, 0.29) is 23.8 Å². The van der Waals surface area contributed by atoms with Crippen molar-refractivity contribution in [1.29, 1.82) is 0 Å². The first kappa shape index (κ1) is 11.2. The fourth-order valence-corrected chi connectivity index (χ4v) is 2.37. The molecule has 5 heteroatoms. The SMILES string of the molecule is CC(C)(C)OC(=O)N1C[C@@H]2C(C(=O)O)[C@H]2C1. The first-order valence-corrected chi connectivity index (χ1v) is 5.50.